The van der Waals surface area contributed by atoms with Crippen LogP contribution in [0.2, 0.25) is 0 Å². The smallest absolute Gasteiger partial charge is 0.340 e. The number of methoxy groups -OCH3 is 1. The second-order valence-electron chi connectivity index (χ2n) is 6.42. The Bertz CT molecular complexity index is 914. The van der Waals surface area contributed by atoms with Gasteiger partial charge in [-0.05, 0) is 54.9 Å². The van der Waals surface area contributed by atoms with Crippen LogP contribution in [0, 0.1) is 0 Å². The van der Waals surface area contributed by atoms with Gasteiger partial charge in [-0.1, -0.05) is 6.07 Å². The van der Waals surface area contributed by atoms with E-state index >= 15 is 0 Å². The van der Waals surface area contributed by atoms with Crippen LogP contribution in [0.3, 0.4) is 0 Å². The molecule has 126 valence electrons. The van der Waals surface area contributed by atoms with Crippen LogP contribution in [0.5, 0.6) is 0 Å². The van der Waals surface area contributed by atoms with E-state index in [0.717, 1.165) is 30.3 Å². The fourth-order valence-electron chi connectivity index (χ4n) is 2.57. The number of ether oxygens (including phenoxy) is 2. The highest BCUT2D eigenvalue weighted by molar-refractivity contribution is 9.10. The van der Waals surface area contributed by atoms with Crippen molar-refractivity contribution in [2.24, 2.45) is 0 Å². The SMILES string of the molecule is COC(=O)C(OC(C)(C)C)c1sc2ccc3ncccc3c2c1Br. The van der Waals surface area contributed by atoms with Crippen LogP contribution in [0.25, 0.3) is 21.0 Å². The molecule has 0 N–H and O–H groups in total. The highest BCUT2D eigenvalue weighted by Crippen LogP contribution is 2.44. The second-order valence-corrected chi connectivity index (χ2v) is 8.30. The van der Waals surface area contributed by atoms with Gasteiger partial charge in [-0.2, -0.15) is 0 Å². The first-order chi connectivity index (χ1) is 11.3. The highest BCUT2D eigenvalue weighted by atomic mass is 79.9. The number of halogens is 1. The quantitative estimate of drug-likeness (QED) is 0.556. The molecule has 24 heavy (non-hydrogen) atoms. The van der Waals surface area contributed by atoms with E-state index in [1.807, 2.05) is 45.0 Å². The molecule has 0 fully saturated rings. The number of carbonyl (C=O) groups excluding carboxylic acids is 1. The van der Waals surface area contributed by atoms with Crippen molar-refractivity contribution in [1.29, 1.82) is 0 Å². The van der Waals surface area contributed by atoms with Crippen LogP contribution in [0.15, 0.2) is 34.9 Å². The number of nitrogens with zero attached hydrogens (tertiary/aromatic N) is 1. The molecular formula is C18H18BrNO3S. The van der Waals surface area contributed by atoms with Gasteiger partial charge in [-0.25, -0.2) is 4.79 Å². The third-order valence-corrected chi connectivity index (χ3v) is 5.81. The molecule has 4 nitrogen and oxygen atoms in total. The summed E-state index contributed by atoms with van der Waals surface area (Å²) < 4.78 is 12.9. The largest absolute Gasteiger partial charge is 0.467 e. The molecule has 3 rings (SSSR count). The van der Waals surface area contributed by atoms with Crippen molar-refractivity contribution in [2.45, 2.75) is 32.5 Å². The Morgan fingerprint density at radius 2 is 2.04 bits per heavy atom. The third kappa shape index (κ3) is 3.18. The maximum Gasteiger partial charge on any atom is 0.340 e. The first-order valence-electron chi connectivity index (χ1n) is 7.53. The summed E-state index contributed by atoms with van der Waals surface area (Å²) in [5, 5.41) is 2.09. The number of aromatic nitrogens is 1. The number of rotatable bonds is 3. The number of thiophene rings is 1. The predicted octanol–water partition coefficient (Wildman–Crippen LogP) is 5.24. The number of hydrogen-bond acceptors (Lipinski definition) is 5. The zero-order valence-corrected chi connectivity index (χ0v) is 16.3. The van der Waals surface area contributed by atoms with Crippen LogP contribution in [-0.2, 0) is 14.3 Å². The second kappa shape index (κ2) is 6.43. The molecule has 2 aromatic heterocycles. The Morgan fingerprint density at radius 1 is 1.29 bits per heavy atom. The maximum atomic E-state index is 12.3. The van der Waals surface area contributed by atoms with Gasteiger partial charge in [0.2, 0.25) is 0 Å². The molecule has 3 aromatic rings. The predicted molar refractivity (Wildman–Crippen MR) is 100 cm³/mol. The van der Waals surface area contributed by atoms with Gasteiger partial charge in [0.25, 0.3) is 0 Å². The zero-order valence-electron chi connectivity index (χ0n) is 13.9. The van der Waals surface area contributed by atoms with Crippen LogP contribution in [0.1, 0.15) is 31.8 Å². The van der Waals surface area contributed by atoms with Crippen LogP contribution < -0.4 is 0 Å². The number of hydrogen-bond donors (Lipinski definition) is 0. The molecule has 1 unspecified atom stereocenters. The fraction of sp³-hybridized carbons (Fsp3) is 0.333. The summed E-state index contributed by atoms with van der Waals surface area (Å²) in [5.41, 5.74) is 0.444. The lowest BCUT2D eigenvalue weighted by atomic mass is 10.1. The molecule has 0 spiro atoms. The Balaban J connectivity index is 2.22. The van der Waals surface area contributed by atoms with E-state index in [1.54, 1.807) is 6.20 Å². The van der Waals surface area contributed by atoms with Crippen molar-refractivity contribution in [2.75, 3.05) is 7.11 Å². The van der Waals surface area contributed by atoms with Crippen molar-refractivity contribution < 1.29 is 14.3 Å². The van der Waals surface area contributed by atoms with Gasteiger partial charge in [-0.15, -0.1) is 11.3 Å². The van der Waals surface area contributed by atoms with Crippen molar-refractivity contribution in [1.82, 2.24) is 4.98 Å². The van der Waals surface area contributed by atoms with Crippen molar-refractivity contribution in [3.05, 3.63) is 39.8 Å². The van der Waals surface area contributed by atoms with Crippen molar-refractivity contribution in [3.8, 4) is 0 Å². The number of fused-ring (bicyclic) bond motifs is 3. The Morgan fingerprint density at radius 3 is 2.71 bits per heavy atom. The Kier molecular flexibility index (Phi) is 4.64. The lowest BCUT2D eigenvalue weighted by Gasteiger charge is -2.25. The van der Waals surface area contributed by atoms with E-state index in [2.05, 4.69) is 20.9 Å². The summed E-state index contributed by atoms with van der Waals surface area (Å²) >= 11 is 5.20. The first-order valence-corrected chi connectivity index (χ1v) is 9.14. The first kappa shape index (κ1) is 17.3. The third-order valence-electron chi connectivity index (χ3n) is 3.53. The Hall–Kier alpha value is -1.50. The summed E-state index contributed by atoms with van der Waals surface area (Å²) in [6.07, 6.45) is 1.00. The average Bonchev–Trinajstić information content (AvgIpc) is 2.88. The van der Waals surface area contributed by atoms with Crippen LogP contribution in [-0.4, -0.2) is 23.7 Å². The van der Waals surface area contributed by atoms with Crippen LogP contribution >= 0.6 is 27.3 Å². The number of pyridine rings is 1. The molecule has 0 aliphatic heterocycles. The van der Waals surface area contributed by atoms with E-state index in [1.165, 1.54) is 18.4 Å². The van der Waals surface area contributed by atoms with E-state index in [9.17, 15) is 4.79 Å². The highest BCUT2D eigenvalue weighted by Gasteiger charge is 2.32. The normalized spacial score (nSPS) is 13.4. The topological polar surface area (TPSA) is 48.4 Å². The van der Waals surface area contributed by atoms with E-state index in [0.29, 0.717) is 0 Å². The molecule has 2 heterocycles. The molecule has 1 aromatic carbocycles. The molecule has 0 bridgehead atoms. The van der Waals surface area contributed by atoms with Gasteiger partial charge in [0.15, 0.2) is 6.10 Å². The van der Waals surface area contributed by atoms with Crippen LogP contribution in [0.4, 0.5) is 0 Å². The molecule has 0 aliphatic rings. The molecule has 0 saturated carbocycles. The maximum absolute atomic E-state index is 12.3. The van der Waals surface area contributed by atoms with E-state index < -0.39 is 17.7 Å². The zero-order chi connectivity index (χ0) is 17.5. The standard InChI is InChI=1S/C18H18BrNO3S/c1-18(2,3)23-15(17(21)22-4)16-14(19)13-10-6-5-9-20-11(10)7-8-12(13)24-16/h5-9,15H,1-4H3. The van der Waals surface area contributed by atoms with Gasteiger partial charge < -0.3 is 9.47 Å². The van der Waals surface area contributed by atoms with E-state index in [4.69, 9.17) is 9.47 Å². The van der Waals surface area contributed by atoms with E-state index in [-0.39, 0.29) is 0 Å². The monoisotopic (exact) mass is 407 g/mol. The van der Waals surface area contributed by atoms with Gasteiger partial charge in [-0.3, -0.25) is 4.98 Å². The lowest BCUT2D eigenvalue weighted by Crippen LogP contribution is -2.27. The molecule has 0 amide bonds. The summed E-state index contributed by atoms with van der Waals surface area (Å²) in [6.45, 7) is 5.76. The van der Waals surface area contributed by atoms with Gasteiger partial charge in [0, 0.05) is 26.1 Å². The number of carbonyl (C=O) groups is 1. The summed E-state index contributed by atoms with van der Waals surface area (Å²) in [6, 6.07) is 7.95. The summed E-state index contributed by atoms with van der Waals surface area (Å²) in [4.78, 5) is 17.5. The summed E-state index contributed by atoms with van der Waals surface area (Å²) in [7, 11) is 1.38. The average molecular weight is 408 g/mol. The van der Waals surface area contributed by atoms with Gasteiger partial charge in [0.1, 0.15) is 0 Å². The number of esters is 1. The Labute approximate surface area is 152 Å². The van der Waals surface area contributed by atoms with Crippen molar-refractivity contribution >= 4 is 54.2 Å². The fourth-order valence-corrected chi connectivity index (χ4v) is 4.71. The molecule has 1 atom stereocenters. The minimum Gasteiger partial charge on any atom is -0.467 e. The lowest BCUT2D eigenvalue weighted by molar-refractivity contribution is -0.164. The molecule has 0 aliphatic carbocycles. The van der Waals surface area contributed by atoms with Gasteiger partial charge >= 0.3 is 5.97 Å². The molecule has 0 radical (unpaired) electrons. The molecule has 6 heteroatoms. The minimum atomic E-state index is -0.770. The molecular weight excluding hydrogens is 390 g/mol. The number of benzene rings is 1. The van der Waals surface area contributed by atoms with Crippen molar-refractivity contribution in [3.63, 3.8) is 0 Å². The molecule has 0 saturated heterocycles. The van der Waals surface area contributed by atoms with Gasteiger partial charge in [0.05, 0.1) is 23.1 Å². The summed E-state index contributed by atoms with van der Waals surface area (Å²) in [5.74, 6) is -0.403. The minimum absolute atomic E-state index is 0.403.